The first-order valence-corrected chi connectivity index (χ1v) is 12.3. The highest BCUT2D eigenvalue weighted by Gasteiger charge is 2.46. The number of halogens is 5. The van der Waals surface area contributed by atoms with Crippen LogP contribution in [0.15, 0.2) is 54.1 Å². The summed E-state index contributed by atoms with van der Waals surface area (Å²) in [6.07, 6.45) is -3.79. The summed E-state index contributed by atoms with van der Waals surface area (Å²) in [6, 6.07) is 7.58. The fourth-order valence-electron chi connectivity index (χ4n) is 4.39. The molecule has 218 valence electrons. The molecule has 2 amide bonds. The second kappa shape index (κ2) is 10.8. The summed E-state index contributed by atoms with van der Waals surface area (Å²) < 4.78 is 69.1. The normalized spacial score (nSPS) is 15.5. The standard InChI is InChI=1S/C28H23F5N6O3/c1-14-20(11-34)35-13-36-23(14)17-10-16(28(31,32)33)8-9-19(17)37-25(41)21-24(40)27(2,3)38(4)39(26(21)42)12-15-6-5-7-18(29)22(15)30/h5-10,13,40H,12H2,1-4H3,(H,37,41). The third-order valence-electron chi connectivity index (χ3n) is 7.05. The number of nitrogens with one attached hydrogen (secondary N) is 1. The minimum atomic E-state index is -4.77. The molecule has 0 fully saturated rings. The molecule has 9 nitrogen and oxygen atoms in total. The van der Waals surface area contributed by atoms with Crippen LogP contribution >= 0.6 is 0 Å². The van der Waals surface area contributed by atoms with Gasteiger partial charge in [0.1, 0.15) is 29.4 Å². The number of amides is 2. The number of aliphatic hydroxyl groups excluding tert-OH is 1. The van der Waals surface area contributed by atoms with Crippen LogP contribution in [0.5, 0.6) is 0 Å². The maximum atomic E-state index is 14.4. The van der Waals surface area contributed by atoms with E-state index in [1.807, 2.05) is 6.07 Å². The third-order valence-corrected chi connectivity index (χ3v) is 7.05. The van der Waals surface area contributed by atoms with Gasteiger partial charge < -0.3 is 10.4 Å². The second-order valence-corrected chi connectivity index (χ2v) is 9.90. The summed E-state index contributed by atoms with van der Waals surface area (Å²) in [5.74, 6) is -5.27. The van der Waals surface area contributed by atoms with E-state index in [0.29, 0.717) is 6.07 Å². The van der Waals surface area contributed by atoms with E-state index >= 15 is 0 Å². The molecule has 1 aromatic heterocycles. The monoisotopic (exact) mass is 586 g/mol. The van der Waals surface area contributed by atoms with Gasteiger partial charge in [0.05, 0.1) is 29.0 Å². The lowest BCUT2D eigenvalue weighted by atomic mass is 9.93. The Morgan fingerprint density at radius 1 is 1.17 bits per heavy atom. The molecule has 2 N–H and O–H groups in total. The molecule has 0 atom stereocenters. The number of hydrogen-bond acceptors (Lipinski definition) is 7. The molecule has 0 saturated carbocycles. The number of nitrogens with zero attached hydrogens (tertiary/aromatic N) is 5. The van der Waals surface area contributed by atoms with Gasteiger partial charge in [0, 0.05) is 23.7 Å². The van der Waals surface area contributed by atoms with E-state index in [1.54, 1.807) is 0 Å². The molecule has 1 aliphatic heterocycles. The first kappa shape index (κ1) is 30.1. The molecule has 0 spiro atoms. The van der Waals surface area contributed by atoms with Crippen molar-refractivity contribution in [1.29, 1.82) is 5.26 Å². The number of aliphatic hydroxyl groups is 1. The number of likely N-dealkylation sites (N-methyl/N-ethyl adjacent to an activating group) is 1. The van der Waals surface area contributed by atoms with Gasteiger partial charge in [-0.3, -0.25) is 14.6 Å². The number of carbonyl (C=O) groups excluding carboxylic acids is 2. The largest absolute Gasteiger partial charge is 0.509 e. The van der Waals surface area contributed by atoms with Crippen LogP contribution in [-0.4, -0.2) is 49.5 Å². The lowest BCUT2D eigenvalue weighted by Gasteiger charge is -2.46. The average Bonchev–Trinajstić information content (AvgIpc) is 2.92. The van der Waals surface area contributed by atoms with Gasteiger partial charge >= 0.3 is 6.18 Å². The fourth-order valence-corrected chi connectivity index (χ4v) is 4.39. The van der Waals surface area contributed by atoms with E-state index in [4.69, 9.17) is 0 Å². The summed E-state index contributed by atoms with van der Waals surface area (Å²) in [5, 5.41) is 24.9. The van der Waals surface area contributed by atoms with E-state index in [2.05, 4.69) is 15.3 Å². The van der Waals surface area contributed by atoms with Gasteiger partial charge in [0.15, 0.2) is 11.6 Å². The zero-order chi connectivity index (χ0) is 31.1. The van der Waals surface area contributed by atoms with Crippen LogP contribution in [0.4, 0.5) is 27.6 Å². The molecule has 0 bridgehead atoms. The van der Waals surface area contributed by atoms with Gasteiger partial charge in [0.25, 0.3) is 11.8 Å². The molecule has 0 aliphatic carbocycles. The van der Waals surface area contributed by atoms with E-state index < -0.39 is 58.6 Å². The Morgan fingerprint density at radius 2 is 1.86 bits per heavy atom. The van der Waals surface area contributed by atoms with E-state index in [0.717, 1.165) is 29.5 Å². The predicted octanol–water partition coefficient (Wildman–Crippen LogP) is 5.04. The molecule has 2 aromatic carbocycles. The van der Waals surface area contributed by atoms with Crippen LogP contribution in [0.25, 0.3) is 11.3 Å². The molecule has 3 aromatic rings. The third kappa shape index (κ3) is 5.26. The van der Waals surface area contributed by atoms with Gasteiger partial charge in [0.2, 0.25) is 0 Å². The first-order chi connectivity index (χ1) is 19.6. The Balaban J connectivity index is 1.79. The SMILES string of the molecule is Cc1c(C#N)ncnc1-c1cc(C(F)(F)F)ccc1NC(=O)C1=C(O)C(C)(C)N(C)N(Cc2cccc(F)c2F)C1=O. The number of benzene rings is 2. The predicted molar refractivity (Wildman–Crippen MR) is 139 cm³/mol. The minimum Gasteiger partial charge on any atom is -0.509 e. The van der Waals surface area contributed by atoms with Crippen LogP contribution in [0.2, 0.25) is 0 Å². The smallest absolute Gasteiger partial charge is 0.416 e. The molecule has 1 aliphatic rings. The van der Waals surface area contributed by atoms with Gasteiger partial charge in [-0.15, -0.1) is 0 Å². The number of anilines is 1. The summed E-state index contributed by atoms with van der Waals surface area (Å²) in [4.78, 5) is 34.9. The lowest BCUT2D eigenvalue weighted by molar-refractivity contribution is -0.160. The average molecular weight is 587 g/mol. The van der Waals surface area contributed by atoms with E-state index in [-0.39, 0.29) is 33.8 Å². The number of hydrazine groups is 1. The highest BCUT2D eigenvalue weighted by molar-refractivity contribution is 6.24. The Morgan fingerprint density at radius 3 is 2.50 bits per heavy atom. The van der Waals surface area contributed by atoms with Crippen LogP contribution in [-0.2, 0) is 22.3 Å². The van der Waals surface area contributed by atoms with Crippen molar-refractivity contribution in [2.24, 2.45) is 0 Å². The van der Waals surface area contributed by atoms with Gasteiger partial charge in [-0.25, -0.2) is 23.8 Å². The summed E-state index contributed by atoms with van der Waals surface area (Å²) in [7, 11) is 1.40. The van der Waals surface area contributed by atoms with Crippen molar-refractivity contribution in [2.75, 3.05) is 12.4 Å². The van der Waals surface area contributed by atoms with Crippen LogP contribution in [0.1, 0.15) is 36.2 Å². The quantitative estimate of drug-likeness (QED) is 0.317. The molecule has 14 heteroatoms. The van der Waals surface area contributed by atoms with Crippen molar-refractivity contribution in [2.45, 2.75) is 39.0 Å². The number of carbonyl (C=O) groups is 2. The summed E-state index contributed by atoms with van der Waals surface area (Å²) >= 11 is 0. The van der Waals surface area contributed by atoms with Crippen molar-refractivity contribution >= 4 is 17.5 Å². The summed E-state index contributed by atoms with van der Waals surface area (Å²) in [5.41, 5.74) is -3.95. The molecule has 4 rings (SSSR count). The van der Waals surface area contributed by atoms with Crippen LogP contribution < -0.4 is 5.32 Å². The van der Waals surface area contributed by atoms with Crippen molar-refractivity contribution in [1.82, 2.24) is 20.0 Å². The molecular weight excluding hydrogens is 563 g/mol. The molecule has 0 unspecified atom stereocenters. The number of aromatic nitrogens is 2. The van der Waals surface area contributed by atoms with Crippen molar-refractivity contribution in [3.63, 3.8) is 0 Å². The Kier molecular flexibility index (Phi) is 7.75. The van der Waals surface area contributed by atoms with Crippen molar-refractivity contribution < 1.29 is 36.6 Å². The number of nitriles is 1. The zero-order valence-corrected chi connectivity index (χ0v) is 22.6. The second-order valence-electron chi connectivity index (χ2n) is 9.90. The molecule has 42 heavy (non-hydrogen) atoms. The van der Waals surface area contributed by atoms with Crippen molar-refractivity contribution in [3.05, 3.63) is 88.1 Å². The number of hydrogen-bond donors (Lipinski definition) is 2. The highest BCUT2D eigenvalue weighted by Crippen LogP contribution is 2.38. The van der Waals surface area contributed by atoms with Gasteiger partial charge in [-0.05, 0) is 45.0 Å². The lowest BCUT2D eigenvalue weighted by Crippen LogP contribution is -2.60. The zero-order valence-electron chi connectivity index (χ0n) is 22.6. The maximum absolute atomic E-state index is 14.4. The number of rotatable bonds is 5. The van der Waals surface area contributed by atoms with Gasteiger partial charge in [-0.2, -0.15) is 18.4 Å². The van der Waals surface area contributed by atoms with Crippen LogP contribution in [0, 0.1) is 29.9 Å². The molecule has 2 heterocycles. The van der Waals surface area contributed by atoms with Gasteiger partial charge in [-0.1, -0.05) is 12.1 Å². The maximum Gasteiger partial charge on any atom is 0.416 e. The molecular formula is C28H23F5N6O3. The Hall–Kier alpha value is -4.90. The van der Waals surface area contributed by atoms with E-state index in [9.17, 15) is 41.9 Å². The Labute approximate surface area is 236 Å². The topological polar surface area (TPSA) is 122 Å². The fraction of sp³-hybridized carbons (Fsp3) is 0.250. The minimum absolute atomic E-state index is 0.0839. The van der Waals surface area contributed by atoms with E-state index in [1.165, 1.54) is 45.0 Å². The van der Waals surface area contributed by atoms with Crippen LogP contribution in [0.3, 0.4) is 0 Å². The van der Waals surface area contributed by atoms with Crippen molar-refractivity contribution in [3.8, 4) is 17.3 Å². The number of alkyl halides is 3. The molecule has 0 saturated heterocycles. The molecule has 0 radical (unpaired) electrons. The highest BCUT2D eigenvalue weighted by atomic mass is 19.4. The summed E-state index contributed by atoms with van der Waals surface area (Å²) in [6.45, 7) is 3.85. The first-order valence-electron chi connectivity index (χ1n) is 12.3. The Bertz CT molecular complexity index is 1680.